The van der Waals surface area contributed by atoms with E-state index < -0.39 is 0 Å². The first-order valence-electron chi connectivity index (χ1n) is 6.63. The van der Waals surface area contributed by atoms with Gasteiger partial charge in [-0.1, -0.05) is 25.1 Å². The number of benzene rings is 1. The van der Waals surface area contributed by atoms with Gasteiger partial charge >= 0.3 is 0 Å². The normalized spacial score (nSPS) is 11.8. The molecule has 0 aromatic heterocycles. The third kappa shape index (κ3) is 4.43. The van der Waals surface area contributed by atoms with Crippen molar-refractivity contribution in [1.29, 1.82) is 0 Å². The Balaban J connectivity index is 2.76. The Morgan fingerprint density at radius 3 is 2.83 bits per heavy atom. The second kappa shape index (κ2) is 8.60. The Bertz CT molecular complexity index is 381. The Hall–Kier alpha value is -1.46. The molecule has 98 valence electrons. The van der Waals surface area contributed by atoms with Gasteiger partial charge in [-0.2, -0.15) is 0 Å². The lowest BCUT2D eigenvalue weighted by atomic mass is 10.00. The highest BCUT2D eigenvalue weighted by Gasteiger charge is 2.14. The van der Waals surface area contributed by atoms with Crippen molar-refractivity contribution >= 4 is 0 Å². The molecule has 1 unspecified atom stereocenters. The zero-order chi connectivity index (χ0) is 13.2. The summed E-state index contributed by atoms with van der Waals surface area (Å²) in [6.45, 7) is 3.19. The Labute approximate surface area is 111 Å². The van der Waals surface area contributed by atoms with Gasteiger partial charge in [-0.3, -0.25) is 0 Å². The highest BCUT2D eigenvalue weighted by Crippen LogP contribution is 2.28. The number of hydrogen-bond donors (Lipinski definition) is 1. The van der Waals surface area contributed by atoms with Gasteiger partial charge in [0.2, 0.25) is 0 Å². The third-order valence-electron chi connectivity index (χ3n) is 2.97. The first-order valence-corrected chi connectivity index (χ1v) is 6.63. The van der Waals surface area contributed by atoms with Crippen molar-refractivity contribution in [3.63, 3.8) is 0 Å². The Morgan fingerprint density at radius 1 is 1.39 bits per heavy atom. The summed E-state index contributed by atoms with van der Waals surface area (Å²) in [6, 6.07) is 8.52. The van der Waals surface area contributed by atoms with Crippen LogP contribution in [0.2, 0.25) is 0 Å². The van der Waals surface area contributed by atoms with Crippen molar-refractivity contribution in [1.82, 2.24) is 5.32 Å². The summed E-state index contributed by atoms with van der Waals surface area (Å²) in [5.41, 5.74) is 1.23. The molecule has 0 bridgehead atoms. The van der Waals surface area contributed by atoms with Crippen LogP contribution in [0.4, 0.5) is 0 Å². The zero-order valence-corrected chi connectivity index (χ0v) is 11.4. The van der Waals surface area contributed by atoms with Crippen LogP contribution in [0.5, 0.6) is 5.75 Å². The van der Waals surface area contributed by atoms with E-state index in [9.17, 15) is 0 Å². The minimum atomic E-state index is 0.328. The molecule has 1 aromatic rings. The van der Waals surface area contributed by atoms with Crippen LogP contribution in [0.15, 0.2) is 24.3 Å². The summed E-state index contributed by atoms with van der Waals surface area (Å²) in [5.74, 6) is 3.65. The fourth-order valence-electron chi connectivity index (χ4n) is 2.05. The fourth-order valence-corrected chi connectivity index (χ4v) is 2.05. The van der Waals surface area contributed by atoms with Crippen LogP contribution in [0.1, 0.15) is 44.2 Å². The molecule has 0 heterocycles. The number of hydrogen-bond acceptors (Lipinski definition) is 2. The van der Waals surface area contributed by atoms with Crippen molar-refractivity contribution in [3.8, 4) is 18.1 Å². The number of terminal acetylenes is 1. The average Bonchev–Trinajstić information content (AvgIpc) is 2.42. The predicted octanol–water partition coefficient (Wildman–Crippen LogP) is 3.54. The summed E-state index contributed by atoms with van der Waals surface area (Å²) in [4.78, 5) is 0. The van der Waals surface area contributed by atoms with Gasteiger partial charge in [0.1, 0.15) is 5.75 Å². The quantitative estimate of drug-likeness (QED) is 0.559. The molecule has 18 heavy (non-hydrogen) atoms. The predicted molar refractivity (Wildman–Crippen MR) is 76.7 cm³/mol. The summed E-state index contributed by atoms with van der Waals surface area (Å²) in [6.07, 6.45) is 9.36. The largest absolute Gasteiger partial charge is 0.496 e. The molecule has 1 N–H and O–H groups in total. The van der Waals surface area contributed by atoms with Crippen LogP contribution >= 0.6 is 0 Å². The molecule has 0 spiro atoms. The molecule has 0 radical (unpaired) electrons. The second-order valence-corrected chi connectivity index (χ2v) is 4.35. The van der Waals surface area contributed by atoms with Gasteiger partial charge in [0.05, 0.1) is 7.11 Å². The van der Waals surface area contributed by atoms with Gasteiger partial charge in [0.15, 0.2) is 0 Å². The monoisotopic (exact) mass is 245 g/mol. The number of nitrogens with one attached hydrogen (secondary N) is 1. The van der Waals surface area contributed by atoms with Crippen molar-refractivity contribution in [2.45, 2.75) is 38.6 Å². The van der Waals surface area contributed by atoms with Crippen molar-refractivity contribution in [3.05, 3.63) is 29.8 Å². The van der Waals surface area contributed by atoms with Gasteiger partial charge < -0.3 is 10.1 Å². The first kappa shape index (κ1) is 14.6. The molecular formula is C16H23NO. The maximum atomic E-state index is 5.43. The van der Waals surface area contributed by atoms with Crippen LogP contribution in [-0.2, 0) is 0 Å². The molecule has 0 aliphatic heterocycles. The zero-order valence-electron chi connectivity index (χ0n) is 11.4. The van der Waals surface area contributed by atoms with E-state index in [0.717, 1.165) is 38.0 Å². The SMILES string of the molecule is C#CCCCC(NCCC)c1ccccc1OC. The smallest absolute Gasteiger partial charge is 0.123 e. The maximum absolute atomic E-state index is 5.43. The molecule has 0 saturated heterocycles. The highest BCUT2D eigenvalue weighted by atomic mass is 16.5. The van der Waals surface area contributed by atoms with Crippen molar-refractivity contribution < 1.29 is 4.74 Å². The van der Waals surface area contributed by atoms with Gasteiger partial charge in [0.25, 0.3) is 0 Å². The molecule has 0 saturated carbocycles. The fraction of sp³-hybridized carbons (Fsp3) is 0.500. The summed E-state index contributed by atoms with van der Waals surface area (Å²) in [7, 11) is 1.72. The van der Waals surface area contributed by atoms with Crippen molar-refractivity contribution in [2.75, 3.05) is 13.7 Å². The highest BCUT2D eigenvalue weighted by molar-refractivity contribution is 5.35. The lowest BCUT2D eigenvalue weighted by Gasteiger charge is -2.21. The lowest BCUT2D eigenvalue weighted by molar-refractivity contribution is 0.393. The molecule has 0 aliphatic rings. The number of unbranched alkanes of at least 4 members (excludes halogenated alkanes) is 1. The Kier molecular flexibility index (Phi) is 6.98. The van der Waals surface area contributed by atoms with Crippen LogP contribution < -0.4 is 10.1 Å². The molecule has 1 aromatic carbocycles. The second-order valence-electron chi connectivity index (χ2n) is 4.35. The molecule has 0 fully saturated rings. The van der Waals surface area contributed by atoms with Crippen LogP contribution in [-0.4, -0.2) is 13.7 Å². The number of para-hydroxylation sites is 1. The number of rotatable bonds is 8. The minimum absolute atomic E-state index is 0.328. The summed E-state index contributed by atoms with van der Waals surface area (Å²) in [5, 5.41) is 3.57. The minimum Gasteiger partial charge on any atom is -0.496 e. The van der Waals surface area contributed by atoms with E-state index in [-0.39, 0.29) is 0 Å². The topological polar surface area (TPSA) is 21.3 Å². The maximum Gasteiger partial charge on any atom is 0.123 e. The van der Waals surface area contributed by atoms with E-state index in [0.29, 0.717) is 6.04 Å². The summed E-state index contributed by atoms with van der Waals surface area (Å²) >= 11 is 0. The van der Waals surface area contributed by atoms with E-state index in [4.69, 9.17) is 11.2 Å². The van der Waals surface area contributed by atoms with E-state index in [1.807, 2.05) is 12.1 Å². The van der Waals surface area contributed by atoms with E-state index in [1.165, 1.54) is 5.56 Å². The van der Waals surface area contributed by atoms with E-state index in [1.54, 1.807) is 7.11 Å². The first-order chi connectivity index (χ1) is 8.83. The third-order valence-corrected chi connectivity index (χ3v) is 2.97. The molecule has 1 atom stereocenters. The number of methoxy groups -OCH3 is 1. The van der Waals surface area contributed by atoms with Crippen LogP contribution in [0, 0.1) is 12.3 Å². The average molecular weight is 245 g/mol. The molecule has 0 amide bonds. The molecule has 1 rings (SSSR count). The van der Waals surface area contributed by atoms with Crippen LogP contribution in [0.3, 0.4) is 0 Å². The van der Waals surface area contributed by atoms with Crippen molar-refractivity contribution in [2.24, 2.45) is 0 Å². The molecule has 2 heteroatoms. The van der Waals surface area contributed by atoms with Gasteiger partial charge in [-0.15, -0.1) is 12.3 Å². The van der Waals surface area contributed by atoms with Gasteiger partial charge in [-0.05, 0) is 31.9 Å². The van der Waals surface area contributed by atoms with E-state index in [2.05, 4.69) is 30.3 Å². The Morgan fingerprint density at radius 2 is 2.17 bits per heavy atom. The van der Waals surface area contributed by atoms with Crippen LogP contribution in [0.25, 0.3) is 0 Å². The molecular weight excluding hydrogens is 222 g/mol. The molecule has 0 aliphatic carbocycles. The standard InChI is InChI=1S/C16H23NO/c1-4-6-7-11-15(17-13-5-2)14-10-8-9-12-16(14)18-3/h1,8-10,12,15,17H,5-7,11,13H2,2-3H3. The van der Waals surface area contributed by atoms with Gasteiger partial charge in [-0.25, -0.2) is 0 Å². The van der Waals surface area contributed by atoms with Gasteiger partial charge in [0, 0.05) is 18.0 Å². The molecule has 2 nitrogen and oxygen atoms in total. The summed E-state index contributed by atoms with van der Waals surface area (Å²) < 4.78 is 5.43. The number of ether oxygens (including phenoxy) is 1. The lowest BCUT2D eigenvalue weighted by Crippen LogP contribution is -2.22. The van der Waals surface area contributed by atoms with E-state index >= 15 is 0 Å².